The first kappa shape index (κ1) is 10.4. The van der Waals surface area contributed by atoms with Crippen LogP contribution in [0.3, 0.4) is 0 Å². The zero-order valence-corrected chi connectivity index (χ0v) is 8.76. The summed E-state index contributed by atoms with van der Waals surface area (Å²) in [7, 11) is 1.24. The van der Waals surface area contributed by atoms with E-state index in [1.807, 2.05) is 0 Å². The maximum atomic E-state index is 13.1. The first-order valence-electron chi connectivity index (χ1n) is 3.28. The maximum absolute atomic E-state index is 13.1. The first-order valence-corrected chi connectivity index (χ1v) is 4.36. The molecule has 1 aromatic rings. The smallest absolute Gasteiger partial charge is 0.170 e. The highest BCUT2D eigenvalue weighted by Gasteiger charge is 2.16. The van der Waals surface area contributed by atoms with Crippen LogP contribution in [0, 0.1) is 15.2 Å². The second kappa shape index (κ2) is 3.99. The van der Waals surface area contributed by atoms with Gasteiger partial charge in [-0.3, -0.25) is 4.79 Å². The Hall–Kier alpha value is -0.720. The zero-order valence-electron chi connectivity index (χ0n) is 6.61. The van der Waals surface area contributed by atoms with Crippen molar-refractivity contribution in [1.82, 2.24) is 0 Å². The summed E-state index contributed by atoms with van der Waals surface area (Å²) in [5.74, 6) is -1.67. The van der Waals surface area contributed by atoms with Crippen molar-refractivity contribution >= 4 is 28.9 Å². The van der Waals surface area contributed by atoms with Crippen LogP contribution in [-0.4, -0.2) is 13.4 Å². The number of hydrogen-bond acceptors (Lipinski definition) is 2. The molecule has 0 saturated carbocycles. The molecule has 0 aliphatic heterocycles. The van der Waals surface area contributed by atoms with E-state index in [9.17, 15) is 13.6 Å². The molecule has 0 fully saturated rings. The Kier molecular flexibility index (Phi) is 3.18. The van der Waals surface area contributed by atoms with Crippen LogP contribution in [0.5, 0.6) is 5.75 Å². The van der Waals surface area contributed by atoms with Crippen LogP contribution in [0.4, 0.5) is 8.78 Å². The lowest BCUT2D eigenvalue weighted by molar-refractivity contribution is 0.111. The van der Waals surface area contributed by atoms with Gasteiger partial charge in [-0.05, 0) is 28.7 Å². The summed E-state index contributed by atoms with van der Waals surface area (Å²) in [5, 5.41) is 0. The van der Waals surface area contributed by atoms with E-state index >= 15 is 0 Å². The summed E-state index contributed by atoms with van der Waals surface area (Å²) >= 11 is 1.58. The fraction of sp³-hybridized carbons (Fsp3) is 0.125. The standard InChI is InChI=1S/C8H5F2IO2/c1-13-8-5(9)2-4(3-12)6(10)7(8)11/h2-3H,1H3. The van der Waals surface area contributed by atoms with Gasteiger partial charge in [0.05, 0.1) is 16.2 Å². The summed E-state index contributed by atoms with van der Waals surface area (Å²) in [6.45, 7) is 0. The third-order valence-electron chi connectivity index (χ3n) is 1.48. The predicted octanol–water partition coefficient (Wildman–Crippen LogP) is 2.39. The normalized spacial score (nSPS) is 9.85. The SMILES string of the molecule is COc1c(F)cc(C=O)c(F)c1I. The van der Waals surface area contributed by atoms with E-state index in [1.54, 1.807) is 22.6 Å². The van der Waals surface area contributed by atoms with Crippen LogP contribution in [0.1, 0.15) is 10.4 Å². The summed E-state index contributed by atoms with van der Waals surface area (Å²) in [4.78, 5) is 10.3. The van der Waals surface area contributed by atoms with Crippen molar-refractivity contribution in [2.24, 2.45) is 0 Å². The Bertz CT molecular complexity index is 352. The Labute approximate surface area is 87.0 Å². The van der Waals surface area contributed by atoms with Crippen LogP contribution < -0.4 is 4.74 Å². The topological polar surface area (TPSA) is 26.3 Å². The highest BCUT2D eigenvalue weighted by atomic mass is 127. The lowest BCUT2D eigenvalue weighted by Gasteiger charge is -2.06. The molecule has 5 heteroatoms. The van der Waals surface area contributed by atoms with Crippen LogP contribution in [0.2, 0.25) is 0 Å². The monoisotopic (exact) mass is 298 g/mol. The van der Waals surface area contributed by atoms with Crippen molar-refractivity contribution in [1.29, 1.82) is 0 Å². The number of hydrogen-bond donors (Lipinski definition) is 0. The fourth-order valence-corrected chi connectivity index (χ4v) is 1.66. The fourth-order valence-electron chi connectivity index (χ4n) is 0.870. The first-order chi connectivity index (χ1) is 6.11. The molecule has 0 spiro atoms. The van der Waals surface area contributed by atoms with Crippen LogP contribution in [-0.2, 0) is 0 Å². The van der Waals surface area contributed by atoms with Crippen LogP contribution in [0.15, 0.2) is 6.07 Å². The molecule has 0 saturated heterocycles. The Morgan fingerprint density at radius 3 is 2.62 bits per heavy atom. The number of rotatable bonds is 2. The average molecular weight is 298 g/mol. The molecule has 0 heterocycles. The lowest BCUT2D eigenvalue weighted by atomic mass is 10.2. The summed E-state index contributed by atoms with van der Waals surface area (Å²) in [6.07, 6.45) is 0.264. The summed E-state index contributed by atoms with van der Waals surface area (Å²) in [5.41, 5.74) is -0.303. The van der Waals surface area contributed by atoms with Crippen molar-refractivity contribution in [2.45, 2.75) is 0 Å². The van der Waals surface area contributed by atoms with E-state index in [0.717, 1.165) is 6.07 Å². The molecule has 13 heavy (non-hydrogen) atoms. The molecule has 0 aliphatic rings. The Balaban J connectivity index is 3.45. The molecule has 0 radical (unpaired) electrons. The van der Waals surface area contributed by atoms with Gasteiger partial charge in [0, 0.05) is 0 Å². The average Bonchev–Trinajstić information content (AvgIpc) is 2.12. The minimum absolute atomic E-state index is 0.0257. The summed E-state index contributed by atoms with van der Waals surface area (Å²) < 4.78 is 30.8. The van der Waals surface area contributed by atoms with E-state index in [2.05, 4.69) is 4.74 Å². The van der Waals surface area contributed by atoms with Crippen molar-refractivity contribution < 1.29 is 18.3 Å². The van der Waals surface area contributed by atoms with E-state index in [1.165, 1.54) is 7.11 Å². The van der Waals surface area contributed by atoms with E-state index in [0.29, 0.717) is 0 Å². The quantitative estimate of drug-likeness (QED) is 0.476. The van der Waals surface area contributed by atoms with Crippen molar-refractivity contribution in [2.75, 3.05) is 7.11 Å². The molecule has 70 valence electrons. The number of carbonyl (C=O) groups is 1. The van der Waals surface area contributed by atoms with Gasteiger partial charge in [-0.1, -0.05) is 0 Å². The Morgan fingerprint density at radius 1 is 1.54 bits per heavy atom. The van der Waals surface area contributed by atoms with Gasteiger partial charge >= 0.3 is 0 Å². The third kappa shape index (κ3) is 1.79. The number of aldehydes is 1. The molecule has 1 aromatic carbocycles. The largest absolute Gasteiger partial charge is 0.492 e. The molecule has 0 unspecified atom stereocenters. The minimum atomic E-state index is -0.756. The van der Waals surface area contributed by atoms with E-state index < -0.39 is 11.6 Å². The number of halogens is 3. The van der Waals surface area contributed by atoms with Gasteiger partial charge in [0.1, 0.15) is 0 Å². The lowest BCUT2D eigenvalue weighted by Crippen LogP contribution is -1.99. The van der Waals surface area contributed by atoms with Crippen molar-refractivity contribution in [3.8, 4) is 5.75 Å². The van der Waals surface area contributed by atoms with Gasteiger partial charge in [-0.25, -0.2) is 8.78 Å². The second-order valence-electron chi connectivity index (χ2n) is 2.23. The van der Waals surface area contributed by atoms with Crippen molar-refractivity contribution in [3.63, 3.8) is 0 Å². The van der Waals surface area contributed by atoms with Gasteiger partial charge in [-0.2, -0.15) is 0 Å². The number of carbonyl (C=O) groups excluding carboxylic acids is 1. The highest BCUT2D eigenvalue weighted by molar-refractivity contribution is 14.1. The van der Waals surface area contributed by atoms with Crippen LogP contribution in [0.25, 0.3) is 0 Å². The predicted molar refractivity (Wildman–Crippen MR) is 51.0 cm³/mol. The molecule has 0 amide bonds. The minimum Gasteiger partial charge on any atom is -0.492 e. The molecule has 2 nitrogen and oxygen atoms in total. The number of methoxy groups -OCH3 is 1. The van der Waals surface area contributed by atoms with E-state index in [4.69, 9.17) is 0 Å². The molecular formula is C8H5F2IO2. The molecule has 1 rings (SSSR count). The highest BCUT2D eigenvalue weighted by Crippen LogP contribution is 2.28. The molecule has 0 N–H and O–H groups in total. The molecule has 0 aliphatic carbocycles. The van der Waals surface area contributed by atoms with Crippen molar-refractivity contribution in [3.05, 3.63) is 26.8 Å². The summed E-state index contributed by atoms with van der Waals surface area (Å²) in [6, 6.07) is 0.809. The number of ether oxygens (including phenoxy) is 1. The second-order valence-corrected chi connectivity index (χ2v) is 3.31. The van der Waals surface area contributed by atoms with Crippen LogP contribution >= 0.6 is 22.6 Å². The zero-order chi connectivity index (χ0) is 10.0. The maximum Gasteiger partial charge on any atom is 0.170 e. The third-order valence-corrected chi connectivity index (χ3v) is 2.44. The molecular weight excluding hydrogens is 293 g/mol. The Morgan fingerprint density at radius 2 is 2.15 bits per heavy atom. The molecule has 0 aromatic heterocycles. The van der Waals surface area contributed by atoms with Gasteiger partial charge in [0.25, 0.3) is 0 Å². The van der Waals surface area contributed by atoms with Gasteiger partial charge in [-0.15, -0.1) is 0 Å². The number of benzene rings is 1. The van der Waals surface area contributed by atoms with Gasteiger partial charge in [0.15, 0.2) is 23.7 Å². The van der Waals surface area contributed by atoms with Gasteiger partial charge < -0.3 is 4.74 Å². The molecule has 0 atom stereocenters. The molecule has 0 bridgehead atoms. The van der Waals surface area contributed by atoms with Gasteiger partial charge in [0.2, 0.25) is 0 Å². The van der Waals surface area contributed by atoms with E-state index in [-0.39, 0.29) is 21.2 Å².